The molecule has 0 aliphatic rings. The number of aromatic nitrogens is 4. The number of rotatable bonds is 3. The van der Waals surface area contributed by atoms with Crippen LogP contribution in [-0.2, 0) is 0 Å². The highest BCUT2D eigenvalue weighted by molar-refractivity contribution is 5.64. The van der Waals surface area contributed by atoms with Crippen LogP contribution in [-0.4, -0.2) is 27.3 Å². The van der Waals surface area contributed by atoms with Crippen LogP contribution in [0.3, 0.4) is 0 Å². The number of hydrogen-bond acceptors (Lipinski definition) is 5. The first-order valence-corrected chi connectivity index (χ1v) is 5.34. The third-order valence-corrected chi connectivity index (χ3v) is 2.58. The van der Waals surface area contributed by atoms with E-state index in [4.69, 9.17) is 9.15 Å². The van der Waals surface area contributed by atoms with Crippen molar-refractivity contribution in [2.45, 2.75) is 0 Å². The third kappa shape index (κ3) is 1.73. The Kier molecular flexibility index (Phi) is 2.53. The minimum absolute atomic E-state index is 0.677. The summed E-state index contributed by atoms with van der Waals surface area (Å²) in [5.74, 6) is 1.47. The number of hydrogen-bond donors (Lipinski definition) is 0. The molecule has 18 heavy (non-hydrogen) atoms. The van der Waals surface area contributed by atoms with Crippen molar-refractivity contribution in [3.63, 3.8) is 0 Å². The van der Waals surface area contributed by atoms with Crippen molar-refractivity contribution in [1.82, 2.24) is 20.2 Å². The van der Waals surface area contributed by atoms with Crippen LogP contribution in [0, 0.1) is 0 Å². The molecule has 0 saturated heterocycles. The van der Waals surface area contributed by atoms with E-state index in [1.807, 2.05) is 30.3 Å². The number of nitrogens with zero attached hydrogens (tertiary/aromatic N) is 4. The molecule has 0 aliphatic carbocycles. The molecule has 0 unspecified atom stereocenters. The van der Waals surface area contributed by atoms with E-state index in [9.17, 15) is 0 Å². The van der Waals surface area contributed by atoms with Gasteiger partial charge in [0, 0.05) is 5.56 Å². The van der Waals surface area contributed by atoms with Gasteiger partial charge in [0.05, 0.1) is 13.4 Å². The maximum atomic E-state index is 5.35. The smallest absolute Gasteiger partial charge is 0.145 e. The van der Waals surface area contributed by atoms with Crippen LogP contribution in [0.1, 0.15) is 0 Å². The largest absolute Gasteiger partial charge is 0.494 e. The van der Waals surface area contributed by atoms with E-state index in [0.29, 0.717) is 5.75 Å². The highest BCUT2D eigenvalue weighted by Crippen LogP contribution is 2.29. The molecule has 3 rings (SSSR count). The zero-order chi connectivity index (χ0) is 12.4. The van der Waals surface area contributed by atoms with E-state index in [2.05, 4.69) is 15.5 Å². The summed E-state index contributed by atoms with van der Waals surface area (Å²) in [6.07, 6.45) is 3.15. The van der Waals surface area contributed by atoms with Crippen LogP contribution in [0.15, 0.2) is 47.3 Å². The third-order valence-electron chi connectivity index (χ3n) is 2.58. The Hall–Kier alpha value is -2.63. The van der Waals surface area contributed by atoms with Crippen molar-refractivity contribution in [2.24, 2.45) is 0 Å². The predicted octanol–water partition coefficient (Wildman–Crippen LogP) is 1.93. The summed E-state index contributed by atoms with van der Waals surface area (Å²) in [6, 6.07) is 9.43. The maximum absolute atomic E-state index is 5.35. The van der Waals surface area contributed by atoms with Gasteiger partial charge in [-0.2, -0.15) is 4.68 Å². The molecule has 0 radical (unpaired) electrons. The van der Waals surface area contributed by atoms with E-state index in [1.54, 1.807) is 18.1 Å². The molecule has 0 N–H and O–H groups in total. The van der Waals surface area contributed by atoms with Crippen molar-refractivity contribution < 1.29 is 9.15 Å². The van der Waals surface area contributed by atoms with E-state index in [1.165, 1.54) is 6.33 Å². The lowest BCUT2D eigenvalue weighted by Gasteiger charge is -2.08. The fourth-order valence-corrected chi connectivity index (χ4v) is 1.73. The predicted molar refractivity (Wildman–Crippen MR) is 63.4 cm³/mol. The Balaban J connectivity index is 2.08. The standard InChI is InChI=1S/C12H10N4O2/c1-17-12-7-9(11-3-2-6-18-11)4-5-10(12)16-8-13-14-15-16/h2-8H,1H3. The lowest BCUT2D eigenvalue weighted by Crippen LogP contribution is -1.99. The van der Waals surface area contributed by atoms with Gasteiger partial charge in [0.25, 0.3) is 0 Å². The number of furan rings is 1. The summed E-state index contributed by atoms with van der Waals surface area (Å²) in [5, 5.41) is 11.0. The van der Waals surface area contributed by atoms with Crippen molar-refractivity contribution in [3.05, 3.63) is 42.9 Å². The minimum Gasteiger partial charge on any atom is -0.494 e. The average molecular weight is 242 g/mol. The van der Waals surface area contributed by atoms with Crippen LogP contribution in [0.5, 0.6) is 5.75 Å². The highest BCUT2D eigenvalue weighted by atomic mass is 16.5. The van der Waals surface area contributed by atoms with Gasteiger partial charge >= 0.3 is 0 Å². The molecule has 0 bridgehead atoms. The molecule has 0 spiro atoms. The number of ether oxygens (including phenoxy) is 1. The topological polar surface area (TPSA) is 66.0 Å². The van der Waals surface area contributed by atoms with E-state index in [-0.39, 0.29) is 0 Å². The molecule has 0 aliphatic heterocycles. The molecule has 3 aromatic rings. The van der Waals surface area contributed by atoms with E-state index in [0.717, 1.165) is 17.0 Å². The Labute approximate surface area is 103 Å². The molecule has 6 heteroatoms. The number of tetrazole rings is 1. The number of benzene rings is 1. The van der Waals surface area contributed by atoms with Gasteiger partial charge in [0.15, 0.2) is 0 Å². The molecule has 6 nitrogen and oxygen atoms in total. The van der Waals surface area contributed by atoms with E-state index < -0.39 is 0 Å². The normalized spacial score (nSPS) is 10.5. The van der Waals surface area contributed by atoms with Gasteiger partial charge in [-0.1, -0.05) is 0 Å². The zero-order valence-corrected chi connectivity index (χ0v) is 9.65. The molecule has 0 saturated carbocycles. The van der Waals surface area contributed by atoms with Gasteiger partial charge in [-0.25, -0.2) is 0 Å². The fourth-order valence-electron chi connectivity index (χ4n) is 1.73. The zero-order valence-electron chi connectivity index (χ0n) is 9.65. The Morgan fingerprint density at radius 1 is 1.28 bits per heavy atom. The van der Waals surface area contributed by atoms with Crippen LogP contribution < -0.4 is 4.74 Å². The second kappa shape index (κ2) is 4.33. The van der Waals surface area contributed by atoms with Crippen molar-refractivity contribution in [1.29, 1.82) is 0 Å². The molecular weight excluding hydrogens is 232 g/mol. The second-order valence-electron chi connectivity index (χ2n) is 3.62. The van der Waals surface area contributed by atoms with Crippen LogP contribution >= 0.6 is 0 Å². The first-order valence-electron chi connectivity index (χ1n) is 5.34. The molecular formula is C12H10N4O2. The van der Waals surface area contributed by atoms with Gasteiger partial charge in [-0.3, -0.25) is 0 Å². The summed E-state index contributed by atoms with van der Waals surface area (Å²) in [6.45, 7) is 0. The SMILES string of the molecule is COc1cc(-c2ccco2)ccc1-n1cnnn1. The molecule has 1 aromatic carbocycles. The Morgan fingerprint density at radius 2 is 2.22 bits per heavy atom. The lowest BCUT2D eigenvalue weighted by atomic mass is 10.1. The van der Waals surface area contributed by atoms with E-state index >= 15 is 0 Å². The van der Waals surface area contributed by atoms with Crippen LogP contribution in [0.2, 0.25) is 0 Å². The first-order chi connectivity index (χ1) is 8.88. The Morgan fingerprint density at radius 3 is 2.89 bits per heavy atom. The quantitative estimate of drug-likeness (QED) is 0.702. The molecule has 0 fully saturated rings. The number of methoxy groups -OCH3 is 1. The van der Waals surface area contributed by atoms with Gasteiger partial charge in [-0.15, -0.1) is 5.10 Å². The summed E-state index contributed by atoms with van der Waals surface area (Å²) in [5.41, 5.74) is 1.71. The molecule has 90 valence electrons. The summed E-state index contributed by atoms with van der Waals surface area (Å²) < 4.78 is 12.2. The van der Waals surface area contributed by atoms with Gasteiger partial charge in [0.1, 0.15) is 23.5 Å². The Bertz CT molecular complexity index is 632. The summed E-state index contributed by atoms with van der Waals surface area (Å²) >= 11 is 0. The molecule has 2 aromatic heterocycles. The lowest BCUT2D eigenvalue weighted by molar-refractivity contribution is 0.411. The van der Waals surface area contributed by atoms with Gasteiger partial charge in [-0.05, 0) is 40.8 Å². The molecule has 2 heterocycles. The van der Waals surface area contributed by atoms with Crippen molar-refractivity contribution in [2.75, 3.05) is 7.11 Å². The van der Waals surface area contributed by atoms with Crippen molar-refractivity contribution >= 4 is 0 Å². The van der Waals surface area contributed by atoms with Gasteiger partial charge in [0.2, 0.25) is 0 Å². The summed E-state index contributed by atoms with van der Waals surface area (Å²) in [7, 11) is 1.61. The fraction of sp³-hybridized carbons (Fsp3) is 0.0833. The van der Waals surface area contributed by atoms with Crippen LogP contribution in [0.4, 0.5) is 0 Å². The minimum atomic E-state index is 0.677. The second-order valence-corrected chi connectivity index (χ2v) is 3.62. The monoisotopic (exact) mass is 242 g/mol. The summed E-state index contributed by atoms with van der Waals surface area (Å²) in [4.78, 5) is 0. The van der Waals surface area contributed by atoms with Gasteiger partial charge < -0.3 is 9.15 Å². The first kappa shape index (κ1) is 10.5. The molecule has 0 atom stereocenters. The van der Waals surface area contributed by atoms with Crippen molar-refractivity contribution in [3.8, 4) is 22.8 Å². The average Bonchev–Trinajstić information content (AvgIpc) is 3.11. The highest BCUT2D eigenvalue weighted by Gasteiger charge is 2.09. The maximum Gasteiger partial charge on any atom is 0.145 e. The molecule has 0 amide bonds. The van der Waals surface area contributed by atoms with Crippen LogP contribution in [0.25, 0.3) is 17.0 Å².